The molecular formula is C21H20ClFN2O2. The van der Waals surface area contributed by atoms with Gasteiger partial charge in [-0.15, -0.1) is 0 Å². The minimum atomic E-state index is -0.295. The number of halogens is 2. The zero-order valence-electron chi connectivity index (χ0n) is 14.8. The third-order valence-corrected chi connectivity index (χ3v) is 5.14. The van der Waals surface area contributed by atoms with Crippen molar-refractivity contribution in [2.45, 2.75) is 31.9 Å². The van der Waals surface area contributed by atoms with Crippen LogP contribution in [0.25, 0.3) is 0 Å². The first kappa shape index (κ1) is 18.0. The molecule has 0 saturated heterocycles. The summed E-state index contributed by atoms with van der Waals surface area (Å²) in [7, 11) is 0. The van der Waals surface area contributed by atoms with Crippen LogP contribution in [0.3, 0.4) is 0 Å². The molecule has 0 bridgehead atoms. The van der Waals surface area contributed by atoms with Crippen LogP contribution >= 0.6 is 11.6 Å². The summed E-state index contributed by atoms with van der Waals surface area (Å²) in [5, 5.41) is 4.84. The molecule has 1 heterocycles. The molecule has 0 aromatic heterocycles. The second-order valence-electron chi connectivity index (χ2n) is 7.06. The number of benzene rings is 2. The van der Waals surface area contributed by atoms with E-state index < -0.39 is 0 Å². The molecule has 1 atom stereocenters. The summed E-state index contributed by atoms with van der Waals surface area (Å²) in [5.41, 5.74) is 2.31. The molecule has 4 rings (SSSR count). The molecule has 0 radical (unpaired) electrons. The van der Waals surface area contributed by atoms with Gasteiger partial charge in [0.25, 0.3) is 0 Å². The minimum absolute atomic E-state index is 0.0647. The van der Waals surface area contributed by atoms with Crippen LogP contribution < -0.4 is 0 Å². The van der Waals surface area contributed by atoms with Gasteiger partial charge >= 0.3 is 0 Å². The fourth-order valence-electron chi connectivity index (χ4n) is 3.24. The van der Waals surface area contributed by atoms with Crippen LogP contribution in [0, 0.1) is 11.7 Å². The second-order valence-corrected chi connectivity index (χ2v) is 7.50. The van der Waals surface area contributed by atoms with E-state index in [1.807, 2.05) is 24.3 Å². The number of amides is 1. The lowest BCUT2D eigenvalue weighted by Crippen LogP contribution is -2.38. The average molecular weight is 387 g/mol. The van der Waals surface area contributed by atoms with Gasteiger partial charge in [-0.25, -0.2) is 4.39 Å². The van der Waals surface area contributed by atoms with E-state index in [1.54, 1.807) is 23.1 Å². The second kappa shape index (κ2) is 7.69. The number of hydrogen-bond acceptors (Lipinski definition) is 3. The van der Waals surface area contributed by atoms with E-state index in [9.17, 15) is 9.18 Å². The van der Waals surface area contributed by atoms with Crippen molar-refractivity contribution < 1.29 is 14.0 Å². The van der Waals surface area contributed by atoms with Gasteiger partial charge in [0.2, 0.25) is 5.91 Å². The third kappa shape index (κ3) is 4.30. The maximum absolute atomic E-state index is 14.1. The number of carbonyl (C=O) groups excluding carboxylic acids is 1. The molecule has 1 aliphatic carbocycles. The minimum Gasteiger partial charge on any atom is -0.390 e. The number of rotatable bonds is 6. The van der Waals surface area contributed by atoms with Crippen molar-refractivity contribution >= 4 is 23.2 Å². The Labute approximate surface area is 162 Å². The lowest BCUT2D eigenvalue weighted by Gasteiger charge is -2.25. The lowest BCUT2D eigenvalue weighted by atomic mass is 10.0. The normalized spacial score (nSPS) is 18.7. The van der Waals surface area contributed by atoms with Gasteiger partial charge in [0.05, 0.1) is 12.3 Å². The van der Waals surface area contributed by atoms with Gasteiger partial charge in [-0.3, -0.25) is 4.79 Å². The molecule has 1 aliphatic heterocycles. The summed E-state index contributed by atoms with van der Waals surface area (Å²) in [5.74, 6) is -0.159. The van der Waals surface area contributed by atoms with Gasteiger partial charge in [0, 0.05) is 29.5 Å². The molecular weight excluding hydrogens is 367 g/mol. The van der Waals surface area contributed by atoms with E-state index >= 15 is 0 Å². The van der Waals surface area contributed by atoms with Crippen molar-refractivity contribution in [2.24, 2.45) is 11.1 Å². The monoisotopic (exact) mass is 386 g/mol. The van der Waals surface area contributed by atoms with E-state index in [0.29, 0.717) is 23.6 Å². The van der Waals surface area contributed by atoms with Crippen molar-refractivity contribution in [1.29, 1.82) is 0 Å². The summed E-state index contributed by atoms with van der Waals surface area (Å²) in [4.78, 5) is 20.0. The summed E-state index contributed by atoms with van der Waals surface area (Å²) in [6.45, 7) is 0.641. The zero-order valence-corrected chi connectivity index (χ0v) is 15.5. The molecule has 27 heavy (non-hydrogen) atoms. The maximum atomic E-state index is 14.1. The Hall–Kier alpha value is -2.40. The van der Waals surface area contributed by atoms with Gasteiger partial charge in [-0.05, 0) is 36.6 Å². The molecule has 2 aromatic rings. The number of oxime groups is 1. The highest BCUT2D eigenvalue weighted by Gasteiger charge is 2.36. The van der Waals surface area contributed by atoms with Gasteiger partial charge < -0.3 is 9.74 Å². The summed E-state index contributed by atoms with van der Waals surface area (Å²) >= 11 is 5.93. The fourth-order valence-corrected chi connectivity index (χ4v) is 3.36. The van der Waals surface area contributed by atoms with Crippen LogP contribution in [-0.4, -0.2) is 29.2 Å². The molecule has 1 fully saturated rings. The van der Waals surface area contributed by atoms with Crippen molar-refractivity contribution in [2.75, 3.05) is 6.54 Å². The lowest BCUT2D eigenvalue weighted by molar-refractivity contribution is -0.135. The van der Waals surface area contributed by atoms with Crippen LogP contribution in [0.15, 0.2) is 53.7 Å². The molecule has 6 heteroatoms. The van der Waals surface area contributed by atoms with Crippen LogP contribution in [-0.2, 0) is 16.2 Å². The molecule has 4 nitrogen and oxygen atoms in total. The van der Waals surface area contributed by atoms with Crippen molar-refractivity contribution in [3.8, 4) is 0 Å². The van der Waals surface area contributed by atoms with E-state index in [1.165, 1.54) is 6.07 Å². The Morgan fingerprint density at radius 2 is 1.93 bits per heavy atom. The quantitative estimate of drug-likeness (QED) is 0.737. The Morgan fingerprint density at radius 1 is 1.19 bits per heavy atom. The topological polar surface area (TPSA) is 41.9 Å². The Bertz CT molecular complexity index is 865. The molecule has 1 amide bonds. The van der Waals surface area contributed by atoms with E-state index in [0.717, 1.165) is 24.1 Å². The first-order chi connectivity index (χ1) is 13.1. The Morgan fingerprint density at radius 3 is 2.63 bits per heavy atom. The number of hydrogen-bond donors (Lipinski definition) is 0. The van der Waals surface area contributed by atoms with Crippen LogP contribution in [0.1, 0.15) is 30.4 Å². The molecule has 0 spiro atoms. The molecule has 140 valence electrons. The predicted molar refractivity (Wildman–Crippen MR) is 102 cm³/mol. The van der Waals surface area contributed by atoms with Gasteiger partial charge in [0.15, 0.2) is 6.10 Å². The molecule has 2 aromatic carbocycles. The number of carbonyl (C=O) groups is 1. The molecule has 1 saturated carbocycles. The highest BCUT2D eigenvalue weighted by Crippen LogP contribution is 2.32. The maximum Gasteiger partial charge on any atom is 0.226 e. The van der Waals surface area contributed by atoms with E-state index in [4.69, 9.17) is 16.4 Å². The zero-order chi connectivity index (χ0) is 18.8. The Kier molecular flexibility index (Phi) is 5.12. The summed E-state index contributed by atoms with van der Waals surface area (Å²) < 4.78 is 14.1. The smallest absolute Gasteiger partial charge is 0.226 e. The highest BCUT2D eigenvalue weighted by atomic mass is 35.5. The third-order valence-electron chi connectivity index (χ3n) is 4.89. The van der Waals surface area contributed by atoms with Crippen LogP contribution in [0.5, 0.6) is 0 Å². The van der Waals surface area contributed by atoms with Gasteiger partial charge in [0.1, 0.15) is 5.82 Å². The van der Waals surface area contributed by atoms with Gasteiger partial charge in [-0.1, -0.05) is 47.1 Å². The van der Waals surface area contributed by atoms with E-state index in [-0.39, 0.29) is 30.3 Å². The fraction of sp³-hybridized carbons (Fsp3) is 0.333. The largest absolute Gasteiger partial charge is 0.390 e. The average Bonchev–Trinajstić information content (AvgIpc) is 3.42. The Balaban J connectivity index is 1.44. The van der Waals surface area contributed by atoms with Crippen LogP contribution in [0.4, 0.5) is 4.39 Å². The number of nitrogens with zero attached hydrogens (tertiary/aromatic N) is 2. The molecule has 0 N–H and O–H groups in total. The van der Waals surface area contributed by atoms with Crippen molar-refractivity contribution in [3.63, 3.8) is 0 Å². The summed E-state index contributed by atoms with van der Waals surface area (Å²) in [6.07, 6.45) is 2.19. The van der Waals surface area contributed by atoms with Crippen molar-refractivity contribution in [3.05, 3.63) is 70.5 Å². The van der Waals surface area contributed by atoms with Gasteiger partial charge in [-0.2, -0.15) is 0 Å². The SMILES string of the molecule is O=C(C1CC1)N(Cc1ccccc1F)C[C@H]1CC(c2ccc(Cl)cc2)=NO1. The standard InChI is InChI=1S/C21H20ClFN2O2/c22-17-9-7-14(8-10-17)20-11-18(27-24-20)13-25(21(26)15-5-6-15)12-16-3-1-2-4-19(16)23/h1-4,7-10,15,18H,5-6,11-13H2/t18-/m1/s1. The first-order valence-corrected chi connectivity index (χ1v) is 9.49. The van der Waals surface area contributed by atoms with Crippen LogP contribution in [0.2, 0.25) is 5.02 Å². The first-order valence-electron chi connectivity index (χ1n) is 9.11. The van der Waals surface area contributed by atoms with Crippen molar-refractivity contribution in [1.82, 2.24) is 4.90 Å². The predicted octanol–water partition coefficient (Wildman–Crippen LogP) is 4.41. The molecule has 0 unspecified atom stereocenters. The summed E-state index contributed by atoms with van der Waals surface area (Å²) in [6, 6.07) is 14.0. The van der Waals surface area contributed by atoms with E-state index in [2.05, 4.69) is 5.16 Å². The molecule has 2 aliphatic rings. The highest BCUT2D eigenvalue weighted by molar-refractivity contribution is 6.30.